The molecule has 0 fully saturated rings. The Morgan fingerprint density at radius 3 is 2.39 bits per heavy atom. The Balaban J connectivity index is 2.13. The molecule has 0 spiro atoms. The van der Waals surface area contributed by atoms with E-state index < -0.39 is 5.97 Å². The molecule has 0 aliphatic rings. The third-order valence-corrected chi connectivity index (χ3v) is 6.15. The maximum absolute atomic E-state index is 11.5. The maximum atomic E-state index is 11.5. The third kappa shape index (κ3) is 5.73. The number of thiazole rings is 2. The van der Waals surface area contributed by atoms with Crippen molar-refractivity contribution in [1.82, 2.24) is 9.97 Å². The average molecular weight is 423 g/mol. The van der Waals surface area contributed by atoms with Crippen LogP contribution in [-0.4, -0.2) is 43.4 Å². The second kappa shape index (κ2) is 10.5. The van der Waals surface area contributed by atoms with Gasteiger partial charge in [-0.2, -0.15) is 0 Å². The Hall–Kier alpha value is -2.03. The molecule has 0 aliphatic carbocycles. The molecule has 8 heteroatoms. The van der Waals surface area contributed by atoms with E-state index in [1.54, 1.807) is 29.8 Å². The number of carbonyl (C=O) groups is 1. The molecular weight excluding hydrogens is 396 g/mol. The first-order valence-electron chi connectivity index (χ1n) is 8.85. The molecule has 0 aromatic carbocycles. The topological polar surface area (TPSA) is 70.5 Å². The fraction of sp³-hybridized carbons (Fsp3) is 0.450. The van der Waals surface area contributed by atoms with Gasteiger partial charge in [-0.25, -0.2) is 14.8 Å². The second-order valence-electron chi connectivity index (χ2n) is 6.43. The highest BCUT2D eigenvalue weighted by Crippen LogP contribution is 2.29. The number of hydrogen-bond donors (Lipinski definition) is 0. The lowest BCUT2D eigenvalue weighted by molar-refractivity contribution is -0.135. The van der Waals surface area contributed by atoms with Crippen LogP contribution in [0.15, 0.2) is 28.7 Å². The van der Waals surface area contributed by atoms with E-state index in [9.17, 15) is 4.79 Å². The fourth-order valence-electron chi connectivity index (χ4n) is 2.49. The normalized spacial score (nSPS) is 14.5. The van der Waals surface area contributed by atoms with Crippen LogP contribution in [0, 0.1) is 5.92 Å². The predicted octanol–water partition coefficient (Wildman–Crippen LogP) is 4.76. The Morgan fingerprint density at radius 1 is 1.07 bits per heavy atom. The summed E-state index contributed by atoms with van der Waals surface area (Å²) in [5.74, 6) is 0.271. The van der Waals surface area contributed by atoms with Gasteiger partial charge in [0, 0.05) is 29.7 Å². The highest BCUT2D eigenvalue weighted by atomic mass is 32.1. The van der Waals surface area contributed by atoms with E-state index in [4.69, 9.17) is 9.47 Å². The highest BCUT2D eigenvalue weighted by Gasteiger charge is 2.20. The van der Waals surface area contributed by atoms with Crippen molar-refractivity contribution in [3.63, 3.8) is 0 Å². The van der Waals surface area contributed by atoms with Gasteiger partial charge in [-0.3, -0.25) is 0 Å². The lowest BCUT2D eigenvalue weighted by Crippen LogP contribution is -2.21. The zero-order valence-corrected chi connectivity index (χ0v) is 18.6. The van der Waals surface area contributed by atoms with Gasteiger partial charge in [0.2, 0.25) is 0 Å². The number of rotatable bonds is 9. The largest absolute Gasteiger partial charge is 0.500 e. The van der Waals surface area contributed by atoms with Crippen LogP contribution in [-0.2, 0) is 19.0 Å². The number of methoxy groups -OCH3 is 3. The summed E-state index contributed by atoms with van der Waals surface area (Å²) in [4.78, 5) is 20.8. The van der Waals surface area contributed by atoms with Crippen LogP contribution in [0.1, 0.15) is 37.4 Å². The molecule has 2 heterocycles. The SMILES string of the molecule is COC(=O)/C=C(/OC)[C@H](C)[C@H](/C=C\c1csc(-c2csc(C(C)C)n2)n1)OC. The zero-order chi connectivity index (χ0) is 20.7. The molecule has 2 aromatic rings. The van der Waals surface area contributed by atoms with Crippen molar-refractivity contribution in [2.75, 3.05) is 21.3 Å². The van der Waals surface area contributed by atoms with Gasteiger partial charge in [-0.1, -0.05) is 26.8 Å². The molecule has 2 atom stereocenters. The molecule has 2 aromatic heterocycles. The van der Waals surface area contributed by atoms with E-state index >= 15 is 0 Å². The van der Waals surface area contributed by atoms with E-state index in [2.05, 4.69) is 28.6 Å². The van der Waals surface area contributed by atoms with Crippen molar-refractivity contribution in [3.8, 4) is 10.7 Å². The molecule has 0 saturated heterocycles. The molecular formula is C20H26N2O4S2. The minimum Gasteiger partial charge on any atom is -0.500 e. The summed E-state index contributed by atoms with van der Waals surface area (Å²) in [6, 6.07) is 0. The van der Waals surface area contributed by atoms with Gasteiger partial charge in [-0.15, -0.1) is 22.7 Å². The summed E-state index contributed by atoms with van der Waals surface area (Å²) in [5.41, 5.74) is 1.75. The molecule has 0 saturated carbocycles. The third-order valence-electron chi connectivity index (χ3n) is 4.12. The standard InChI is InChI=1S/C20H26N2O4S2/c1-12(2)19-22-15(11-28-19)20-21-14(10-27-20)7-8-16(24-4)13(3)17(25-5)9-18(23)26-6/h7-13,16H,1-6H3/b8-7-,17-9+/t13-,16+/m1/s1. The van der Waals surface area contributed by atoms with Crippen LogP contribution in [0.25, 0.3) is 16.8 Å². The highest BCUT2D eigenvalue weighted by molar-refractivity contribution is 7.14. The van der Waals surface area contributed by atoms with Gasteiger partial charge in [0.05, 0.1) is 37.1 Å². The molecule has 0 amide bonds. The average Bonchev–Trinajstić information content (AvgIpc) is 3.35. The van der Waals surface area contributed by atoms with Crippen LogP contribution in [0.2, 0.25) is 0 Å². The minimum absolute atomic E-state index is 0.171. The molecule has 28 heavy (non-hydrogen) atoms. The molecule has 0 N–H and O–H groups in total. The van der Waals surface area contributed by atoms with Crippen LogP contribution in [0.5, 0.6) is 0 Å². The minimum atomic E-state index is -0.462. The first-order chi connectivity index (χ1) is 13.4. The second-order valence-corrected chi connectivity index (χ2v) is 8.17. The lowest BCUT2D eigenvalue weighted by atomic mass is 10.0. The maximum Gasteiger partial charge on any atom is 0.333 e. The van der Waals surface area contributed by atoms with Gasteiger partial charge in [0.15, 0.2) is 0 Å². The van der Waals surface area contributed by atoms with Crippen molar-refractivity contribution in [1.29, 1.82) is 0 Å². The summed E-state index contributed by atoms with van der Waals surface area (Å²) in [5, 5.41) is 6.04. The number of esters is 1. The quantitative estimate of drug-likeness (QED) is 0.330. The first kappa shape index (κ1) is 22.3. The number of ether oxygens (including phenoxy) is 3. The Morgan fingerprint density at radius 2 is 1.82 bits per heavy atom. The number of aromatic nitrogens is 2. The first-order valence-corrected chi connectivity index (χ1v) is 10.6. The van der Waals surface area contributed by atoms with Crippen LogP contribution >= 0.6 is 22.7 Å². The van der Waals surface area contributed by atoms with E-state index in [-0.39, 0.29) is 12.0 Å². The molecule has 0 aliphatic heterocycles. The molecule has 152 valence electrons. The molecule has 0 unspecified atom stereocenters. The van der Waals surface area contributed by atoms with Crippen LogP contribution < -0.4 is 0 Å². The Kier molecular flexibility index (Phi) is 8.35. The summed E-state index contributed by atoms with van der Waals surface area (Å²) < 4.78 is 15.6. The van der Waals surface area contributed by atoms with Crippen LogP contribution in [0.3, 0.4) is 0 Å². The molecule has 6 nitrogen and oxygen atoms in total. The van der Waals surface area contributed by atoms with Gasteiger partial charge >= 0.3 is 5.97 Å². The number of nitrogens with zero attached hydrogens (tertiary/aromatic N) is 2. The fourth-order valence-corrected chi connectivity index (χ4v) is 4.13. The van der Waals surface area contributed by atoms with Crippen molar-refractivity contribution in [3.05, 3.63) is 39.4 Å². The summed E-state index contributed by atoms with van der Waals surface area (Å²) >= 11 is 3.22. The van der Waals surface area contributed by atoms with E-state index in [0.29, 0.717) is 11.7 Å². The number of hydrogen-bond acceptors (Lipinski definition) is 8. The lowest BCUT2D eigenvalue weighted by Gasteiger charge is -2.21. The van der Waals surface area contributed by atoms with E-state index in [1.807, 2.05) is 29.8 Å². The van der Waals surface area contributed by atoms with Gasteiger partial charge in [0.1, 0.15) is 16.5 Å². The van der Waals surface area contributed by atoms with E-state index in [1.165, 1.54) is 20.3 Å². The summed E-state index contributed by atoms with van der Waals surface area (Å²) in [6.45, 7) is 6.19. The van der Waals surface area contributed by atoms with Crippen molar-refractivity contribution in [2.24, 2.45) is 5.92 Å². The van der Waals surface area contributed by atoms with Gasteiger partial charge in [0.25, 0.3) is 0 Å². The summed E-state index contributed by atoms with van der Waals surface area (Å²) in [6.07, 6.45) is 4.87. The van der Waals surface area contributed by atoms with Crippen molar-refractivity contribution >= 4 is 34.7 Å². The number of carbonyl (C=O) groups excluding carboxylic acids is 1. The smallest absolute Gasteiger partial charge is 0.333 e. The molecule has 2 rings (SSSR count). The predicted molar refractivity (Wildman–Crippen MR) is 113 cm³/mol. The summed E-state index contributed by atoms with van der Waals surface area (Å²) in [7, 11) is 4.47. The van der Waals surface area contributed by atoms with Crippen molar-refractivity contribution < 1.29 is 19.0 Å². The van der Waals surface area contributed by atoms with E-state index in [0.717, 1.165) is 21.4 Å². The zero-order valence-electron chi connectivity index (χ0n) is 17.0. The molecule has 0 radical (unpaired) electrons. The van der Waals surface area contributed by atoms with Crippen molar-refractivity contribution in [2.45, 2.75) is 32.8 Å². The van der Waals surface area contributed by atoms with Crippen LogP contribution in [0.4, 0.5) is 0 Å². The Bertz CT molecular complexity index is 839. The molecule has 0 bridgehead atoms. The van der Waals surface area contributed by atoms with Gasteiger partial charge in [-0.05, 0) is 6.08 Å². The monoisotopic (exact) mass is 422 g/mol. The van der Waals surface area contributed by atoms with Gasteiger partial charge < -0.3 is 14.2 Å². The Labute approximate surface area is 173 Å².